The van der Waals surface area contributed by atoms with Crippen LogP contribution in [0.1, 0.15) is 52.9 Å². The summed E-state index contributed by atoms with van der Waals surface area (Å²) in [6, 6.07) is 2.26. The van der Waals surface area contributed by atoms with Gasteiger partial charge in [-0.3, -0.25) is 0 Å². The molecule has 0 radical (unpaired) electrons. The average Bonchev–Trinajstić information content (AvgIpc) is 3.07. The molecule has 18 heavy (non-hydrogen) atoms. The van der Waals surface area contributed by atoms with Gasteiger partial charge in [-0.25, -0.2) is 0 Å². The van der Waals surface area contributed by atoms with Crippen molar-refractivity contribution in [1.29, 1.82) is 5.26 Å². The standard InChI is InChI=1S/C15H26N2O/c1-11-6-13(8-14(2,3)7-11)18-10-15(17,9-16)12-4-5-12/h11-13H,4-8,10,17H2,1-3H3. The third-order valence-corrected chi connectivity index (χ3v) is 4.42. The number of nitriles is 1. The Hall–Kier alpha value is -0.590. The summed E-state index contributed by atoms with van der Waals surface area (Å²) in [6.45, 7) is 7.31. The molecule has 0 aromatic heterocycles. The van der Waals surface area contributed by atoms with Crippen LogP contribution in [0, 0.1) is 28.6 Å². The van der Waals surface area contributed by atoms with Gasteiger partial charge in [0.15, 0.2) is 0 Å². The van der Waals surface area contributed by atoms with E-state index in [2.05, 4.69) is 26.8 Å². The lowest BCUT2D eigenvalue weighted by Gasteiger charge is -2.39. The molecule has 2 rings (SSSR count). The summed E-state index contributed by atoms with van der Waals surface area (Å²) in [7, 11) is 0. The van der Waals surface area contributed by atoms with Crippen LogP contribution in [0.25, 0.3) is 0 Å². The lowest BCUT2D eigenvalue weighted by Crippen LogP contribution is -2.47. The molecule has 2 aliphatic carbocycles. The summed E-state index contributed by atoms with van der Waals surface area (Å²) in [5, 5.41) is 9.22. The molecule has 0 aromatic carbocycles. The summed E-state index contributed by atoms with van der Waals surface area (Å²) in [5.41, 5.74) is 5.74. The van der Waals surface area contributed by atoms with Crippen LogP contribution in [0.4, 0.5) is 0 Å². The molecule has 2 aliphatic rings. The van der Waals surface area contributed by atoms with E-state index in [0.29, 0.717) is 23.9 Å². The number of nitrogens with two attached hydrogens (primary N) is 1. The van der Waals surface area contributed by atoms with E-state index in [1.807, 2.05) is 0 Å². The smallest absolute Gasteiger partial charge is 0.130 e. The monoisotopic (exact) mass is 250 g/mol. The van der Waals surface area contributed by atoms with Crippen molar-refractivity contribution in [2.24, 2.45) is 23.0 Å². The highest BCUT2D eigenvalue weighted by molar-refractivity contribution is 5.13. The van der Waals surface area contributed by atoms with Crippen molar-refractivity contribution in [3.63, 3.8) is 0 Å². The third-order valence-electron chi connectivity index (χ3n) is 4.42. The summed E-state index contributed by atoms with van der Waals surface area (Å²) in [5.74, 6) is 1.06. The van der Waals surface area contributed by atoms with E-state index in [1.54, 1.807) is 0 Å². The lowest BCUT2D eigenvalue weighted by atomic mass is 9.71. The minimum atomic E-state index is -0.745. The van der Waals surface area contributed by atoms with Crippen LogP contribution in [-0.4, -0.2) is 18.2 Å². The zero-order chi connectivity index (χ0) is 13.4. The Bertz CT molecular complexity index is 343. The first-order valence-corrected chi connectivity index (χ1v) is 7.16. The molecule has 0 saturated heterocycles. The van der Waals surface area contributed by atoms with Crippen LogP contribution in [0.2, 0.25) is 0 Å². The number of ether oxygens (including phenoxy) is 1. The van der Waals surface area contributed by atoms with Gasteiger partial charge in [0.1, 0.15) is 5.54 Å². The Morgan fingerprint density at radius 2 is 2.06 bits per heavy atom. The number of hydrogen-bond donors (Lipinski definition) is 1. The van der Waals surface area contributed by atoms with Gasteiger partial charge in [-0.2, -0.15) is 5.26 Å². The summed E-state index contributed by atoms with van der Waals surface area (Å²) >= 11 is 0. The van der Waals surface area contributed by atoms with Gasteiger partial charge in [-0.15, -0.1) is 0 Å². The van der Waals surface area contributed by atoms with Crippen LogP contribution in [0.3, 0.4) is 0 Å². The van der Waals surface area contributed by atoms with Crippen LogP contribution >= 0.6 is 0 Å². The normalized spacial score (nSPS) is 34.6. The molecule has 2 N–H and O–H groups in total. The van der Waals surface area contributed by atoms with Crippen molar-refractivity contribution in [3.05, 3.63) is 0 Å². The summed E-state index contributed by atoms with van der Waals surface area (Å²) in [4.78, 5) is 0. The van der Waals surface area contributed by atoms with Gasteiger partial charge in [-0.1, -0.05) is 20.8 Å². The minimum Gasteiger partial charge on any atom is -0.375 e. The molecule has 0 heterocycles. The molecule has 3 unspecified atom stereocenters. The zero-order valence-corrected chi connectivity index (χ0v) is 11.9. The maximum absolute atomic E-state index is 9.22. The number of nitrogens with zero attached hydrogens (tertiary/aromatic N) is 1. The van der Waals surface area contributed by atoms with Gasteiger partial charge >= 0.3 is 0 Å². The van der Waals surface area contributed by atoms with Crippen molar-refractivity contribution in [2.75, 3.05) is 6.61 Å². The Balaban J connectivity index is 1.88. The molecular formula is C15H26N2O. The highest BCUT2D eigenvalue weighted by atomic mass is 16.5. The first-order valence-electron chi connectivity index (χ1n) is 7.16. The van der Waals surface area contributed by atoms with Gasteiger partial charge in [0.2, 0.25) is 0 Å². The Labute approximate surface area is 111 Å². The van der Waals surface area contributed by atoms with E-state index >= 15 is 0 Å². The summed E-state index contributed by atoms with van der Waals surface area (Å²) in [6.07, 6.45) is 5.90. The van der Waals surface area contributed by atoms with Crippen molar-refractivity contribution < 1.29 is 4.74 Å². The fourth-order valence-corrected chi connectivity index (χ4v) is 3.48. The lowest BCUT2D eigenvalue weighted by molar-refractivity contribution is -0.0370. The van der Waals surface area contributed by atoms with Crippen molar-refractivity contribution >= 4 is 0 Å². The van der Waals surface area contributed by atoms with Gasteiger partial charge in [0, 0.05) is 0 Å². The first kappa shape index (κ1) is 13.8. The van der Waals surface area contributed by atoms with Crippen molar-refractivity contribution in [2.45, 2.75) is 64.5 Å². The van der Waals surface area contributed by atoms with Crippen LogP contribution in [0.5, 0.6) is 0 Å². The predicted molar refractivity (Wildman–Crippen MR) is 71.8 cm³/mol. The molecule has 3 heteroatoms. The Morgan fingerprint density at radius 3 is 2.56 bits per heavy atom. The topological polar surface area (TPSA) is 59.0 Å². The first-order chi connectivity index (χ1) is 8.35. The van der Waals surface area contributed by atoms with Crippen LogP contribution < -0.4 is 5.73 Å². The maximum atomic E-state index is 9.22. The van der Waals surface area contributed by atoms with E-state index < -0.39 is 5.54 Å². The van der Waals surface area contributed by atoms with Gasteiger partial charge in [-0.05, 0) is 49.4 Å². The van der Waals surface area contributed by atoms with E-state index in [1.165, 1.54) is 6.42 Å². The zero-order valence-electron chi connectivity index (χ0n) is 11.9. The SMILES string of the molecule is CC1CC(OCC(N)(C#N)C2CC2)CC(C)(C)C1. The Morgan fingerprint density at radius 1 is 1.39 bits per heavy atom. The van der Waals surface area contributed by atoms with Crippen LogP contribution in [-0.2, 0) is 4.74 Å². The highest BCUT2D eigenvalue weighted by Gasteiger charge is 2.44. The second-order valence-electron chi connectivity index (χ2n) is 7.27. The molecular weight excluding hydrogens is 224 g/mol. The highest BCUT2D eigenvalue weighted by Crippen LogP contribution is 2.41. The molecule has 0 amide bonds. The fraction of sp³-hybridized carbons (Fsp3) is 0.933. The van der Waals surface area contributed by atoms with Gasteiger partial charge < -0.3 is 10.5 Å². The van der Waals surface area contributed by atoms with E-state index in [0.717, 1.165) is 25.7 Å². The second kappa shape index (κ2) is 4.83. The van der Waals surface area contributed by atoms with Crippen molar-refractivity contribution in [3.8, 4) is 6.07 Å². The third kappa shape index (κ3) is 3.24. The van der Waals surface area contributed by atoms with Crippen LogP contribution in [0.15, 0.2) is 0 Å². The molecule has 0 spiro atoms. The van der Waals surface area contributed by atoms with E-state index in [9.17, 15) is 5.26 Å². The van der Waals surface area contributed by atoms with E-state index in [4.69, 9.17) is 10.5 Å². The fourth-order valence-electron chi connectivity index (χ4n) is 3.48. The molecule has 0 bridgehead atoms. The molecule has 0 aliphatic heterocycles. The largest absolute Gasteiger partial charge is 0.375 e. The van der Waals surface area contributed by atoms with Crippen molar-refractivity contribution in [1.82, 2.24) is 0 Å². The van der Waals surface area contributed by atoms with E-state index in [-0.39, 0.29) is 6.10 Å². The number of rotatable bonds is 4. The molecule has 3 nitrogen and oxygen atoms in total. The maximum Gasteiger partial charge on any atom is 0.130 e. The molecule has 3 atom stereocenters. The average molecular weight is 250 g/mol. The van der Waals surface area contributed by atoms with Gasteiger partial charge in [0.25, 0.3) is 0 Å². The molecule has 2 fully saturated rings. The minimum absolute atomic E-state index is 0.277. The predicted octanol–water partition coefficient (Wildman–Crippen LogP) is 2.85. The summed E-state index contributed by atoms with van der Waals surface area (Å²) < 4.78 is 6.00. The quantitative estimate of drug-likeness (QED) is 0.834. The Kier molecular flexibility index (Phi) is 3.71. The molecule has 102 valence electrons. The molecule has 0 aromatic rings. The second-order valence-corrected chi connectivity index (χ2v) is 7.27. The van der Waals surface area contributed by atoms with Gasteiger partial charge in [0.05, 0.1) is 18.8 Å². The molecule has 2 saturated carbocycles. The number of hydrogen-bond acceptors (Lipinski definition) is 3.